The number of ether oxygens (including phenoxy) is 1. The lowest BCUT2D eigenvalue weighted by Crippen LogP contribution is -2.74. The Labute approximate surface area is 145 Å². The van der Waals surface area contributed by atoms with Crippen LogP contribution in [0.4, 0.5) is 5.69 Å². The van der Waals surface area contributed by atoms with E-state index in [1.165, 1.54) is 0 Å². The summed E-state index contributed by atoms with van der Waals surface area (Å²) >= 11 is 2.21. The minimum atomic E-state index is -0.881. The minimum Gasteiger partial charge on any atom is -0.378 e. The van der Waals surface area contributed by atoms with Crippen molar-refractivity contribution in [3.63, 3.8) is 0 Å². The Morgan fingerprint density at radius 2 is 2.19 bits per heavy atom. The van der Waals surface area contributed by atoms with Gasteiger partial charge in [0.25, 0.3) is 0 Å². The summed E-state index contributed by atoms with van der Waals surface area (Å²) in [4.78, 5) is 12.5. The highest BCUT2D eigenvalue weighted by molar-refractivity contribution is 14.1. The van der Waals surface area contributed by atoms with E-state index in [0.29, 0.717) is 13.0 Å². The van der Waals surface area contributed by atoms with E-state index < -0.39 is 5.54 Å². The summed E-state index contributed by atoms with van der Waals surface area (Å²) in [6.45, 7) is 6.58. The number of rotatable bonds is 4. The number of benzene rings is 1. The Morgan fingerprint density at radius 3 is 2.71 bits per heavy atom. The molecule has 2 unspecified atom stereocenters. The van der Waals surface area contributed by atoms with E-state index in [2.05, 4.69) is 27.9 Å². The van der Waals surface area contributed by atoms with Gasteiger partial charge in [0.2, 0.25) is 5.91 Å². The highest BCUT2D eigenvalue weighted by atomic mass is 127. The maximum atomic E-state index is 12.5. The second-order valence-electron chi connectivity index (χ2n) is 5.81. The Morgan fingerprint density at radius 1 is 1.52 bits per heavy atom. The van der Waals surface area contributed by atoms with Crippen LogP contribution in [0.5, 0.6) is 0 Å². The molecule has 118 valence electrons. The first-order valence-corrected chi connectivity index (χ1v) is 7.86. The van der Waals surface area contributed by atoms with Gasteiger partial charge in [0.15, 0.2) is 0 Å². The van der Waals surface area contributed by atoms with Crippen LogP contribution in [-0.2, 0) is 9.53 Å². The first-order chi connectivity index (χ1) is 9.31. The number of hydrogen-bond donors (Lipinski definition) is 2. The van der Waals surface area contributed by atoms with Crippen molar-refractivity contribution in [2.45, 2.75) is 38.8 Å². The van der Waals surface area contributed by atoms with E-state index in [9.17, 15) is 4.79 Å². The number of nitrogens with two attached hydrogens (primary N) is 1. The summed E-state index contributed by atoms with van der Waals surface area (Å²) in [5, 5.41) is 2.92. The van der Waals surface area contributed by atoms with E-state index >= 15 is 0 Å². The van der Waals surface area contributed by atoms with E-state index in [1.807, 2.05) is 45.0 Å². The molecule has 1 saturated carbocycles. The Bertz CT molecular complexity index is 524. The molecule has 1 aromatic carbocycles. The lowest BCUT2D eigenvalue weighted by atomic mass is 9.54. The summed E-state index contributed by atoms with van der Waals surface area (Å²) in [5.74, 6) is -0.138. The summed E-state index contributed by atoms with van der Waals surface area (Å²) in [5.41, 5.74) is 5.87. The van der Waals surface area contributed by atoms with Crippen LogP contribution < -0.4 is 11.1 Å². The van der Waals surface area contributed by atoms with Gasteiger partial charge >= 0.3 is 0 Å². The smallest absolute Gasteiger partial charge is 0.245 e. The lowest BCUT2D eigenvalue weighted by Gasteiger charge is -2.57. The number of nitrogens with one attached hydrogen (secondary N) is 1. The molecule has 2 rings (SSSR count). The molecular formula is C15H22ClIN2O2. The van der Waals surface area contributed by atoms with Gasteiger partial charge in [0.1, 0.15) is 5.54 Å². The molecule has 1 fully saturated rings. The van der Waals surface area contributed by atoms with Crippen molar-refractivity contribution in [2.24, 2.45) is 11.1 Å². The predicted octanol–water partition coefficient (Wildman–Crippen LogP) is 3.18. The van der Waals surface area contributed by atoms with Crippen LogP contribution in [0.2, 0.25) is 0 Å². The van der Waals surface area contributed by atoms with Crippen LogP contribution in [0.15, 0.2) is 24.3 Å². The summed E-state index contributed by atoms with van der Waals surface area (Å²) < 4.78 is 6.72. The fraction of sp³-hybridized carbons (Fsp3) is 0.533. The van der Waals surface area contributed by atoms with Gasteiger partial charge in [0, 0.05) is 27.7 Å². The van der Waals surface area contributed by atoms with E-state index in [-0.39, 0.29) is 29.8 Å². The maximum Gasteiger partial charge on any atom is 0.245 e. The van der Waals surface area contributed by atoms with Gasteiger partial charge in [-0.05, 0) is 47.7 Å². The van der Waals surface area contributed by atoms with Crippen molar-refractivity contribution >= 4 is 46.6 Å². The molecule has 6 heteroatoms. The average Bonchev–Trinajstić information content (AvgIpc) is 2.38. The zero-order valence-corrected chi connectivity index (χ0v) is 15.5. The number of carbonyl (C=O) groups is 1. The lowest BCUT2D eigenvalue weighted by molar-refractivity contribution is -0.166. The molecule has 0 saturated heterocycles. The summed E-state index contributed by atoms with van der Waals surface area (Å²) in [6, 6.07) is 7.69. The molecule has 0 heterocycles. The van der Waals surface area contributed by atoms with E-state index in [4.69, 9.17) is 10.5 Å². The predicted molar refractivity (Wildman–Crippen MR) is 95.8 cm³/mol. The van der Waals surface area contributed by atoms with Crippen LogP contribution in [0.3, 0.4) is 0 Å². The number of hydrogen-bond acceptors (Lipinski definition) is 3. The van der Waals surface area contributed by atoms with Crippen molar-refractivity contribution in [3.05, 3.63) is 27.8 Å². The molecule has 0 bridgehead atoms. The van der Waals surface area contributed by atoms with Gasteiger partial charge in [-0.2, -0.15) is 0 Å². The zero-order valence-electron chi connectivity index (χ0n) is 12.5. The molecule has 1 aliphatic rings. The topological polar surface area (TPSA) is 64.3 Å². The molecule has 1 aromatic rings. The Balaban J connectivity index is 0.00000220. The molecule has 0 aromatic heterocycles. The fourth-order valence-corrected chi connectivity index (χ4v) is 3.17. The van der Waals surface area contributed by atoms with Gasteiger partial charge in [-0.1, -0.05) is 19.9 Å². The third-order valence-corrected chi connectivity index (χ3v) is 4.99. The first-order valence-electron chi connectivity index (χ1n) is 6.79. The largest absolute Gasteiger partial charge is 0.378 e. The zero-order chi connectivity index (χ0) is 15.0. The Hall–Kier alpha value is -0.370. The van der Waals surface area contributed by atoms with Crippen molar-refractivity contribution in [2.75, 3.05) is 11.9 Å². The van der Waals surface area contributed by atoms with Crippen molar-refractivity contribution < 1.29 is 9.53 Å². The molecule has 0 radical (unpaired) electrons. The van der Waals surface area contributed by atoms with Crippen LogP contribution in [0.1, 0.15) is 27.2 Å². The first kappa shape index (κ1) is 18.7. The molecule has 0 aliphatic heterocycles. The number of carbonyl (C=O) groups excluding carboxylic acids is 1. The minimum absolute atomic E-state index is 0. The van der Waals surface area contributed by atoms with Gasteiger partial charge in [-0.15, -0.1) is 12.4 Å². The second kappa shape index (κ2) is 6.81. The molecule has 3 N–H and O–H groups in total. The Kier molecular flexibility index (Phi) is 6.06. The summed E-state index contributed by atoms with van der Waals surface area (Å²) in [7, 11) is 0. The van der Waals surface area contributed by atoms with Crippen LogP contribution in [0.25, 0.3) is 0 Å². The molecule has 0 spiro atoms. The standard InChI is InChI=1S/C15H21IN2O2.ClH/c1-4-20-12-9-15(17,14(12,2)3)13(19)18-11-7-5-6-10(16)8-11;/h5-8,12H,4,9,17H2,1-3H3,(H,18,19);1H. The van der Waals surface area contributed by atoms with E-state index in [1.54, 1.807) is 0 Å². The van der Waals surface area contributed by atoms with Crippen LogP contribution >= 0.6 is 35.0 Å². The fourth-order valence-electron chi connectivity index (χ4n) is 2.63. The van der Waals surface area contributed by atoms with Crippen LogP contribution in [-0.4, -0.2) is 24.2 Å². The highest BCUT2D eigenvalue weighted by Crippen LogP contribution is 2.50. The van der Waals surface area contributed by atoms with Gasteiger partial charge in [0.05, 0.1) is 6.10 Å². The number of amides is 1. The van der Waals surface area contributed by atoms with E-state index in [0.717, 1.165) is 9.26 Å². The van der Waals surface area contributed by atoms with Gasteiger partial charge in [-0.3, -0.25) is 4.79 Å². The molecule has 1 amide bonds. The third kappa shape index (κ3) is 3.36. The molecule has 21 heavy (non-hydrogen) atoms. The number of halogens is 2. The van der Waals surface area contributed by atoms with Crippen LogP contribution in [0, 0.1) is 8.99 Å². The summed E-state index contributed by atoms with van der Waals surface area (Å²) in [6.07, 6.45) is 0.600. The average molecular weight is 425 g/mol. The SMILES string of the molecule is CCOC1CC(N)(C(=O)Nc2cccc(I)c2)C1(C)C.Cl. The maximum absolute atomic E-state index is 12.5. The second-order valence-corrected chi connectivity index (χ2v) is 7.05. The monoisotopic (exact) mass is 424 g/mol. The number of anilines is 1. The normalized spacial score (nSPS) is 26.4. The molecule has 4 nitrogen and oxygen atoms in total. The molecule has 2 atom stereocenters. The third-order valence-electron chi connectivity index (χ3n) is 4.32. The van der Waals surface area contributed by atoms with Crippen molar-refractivity contribution in [3.8, 4) is 0 Å². The van der Waals surface area contributed by atoms with Crippen molar-refractivity contribution in [1.82, 2.24) is 0 Å². The van der Waals surface area contributed by atoms with Gasteiger partial charge < -0.3 is 15.8 Å². The molecule has 1 aliphatic carbocycles. The molecular weight excluding hydrogens is 403 g/mol. The highest BCUT2D eigenvalue weighted by Gasteiger charge is 2.62. The quantitative estimate of drug-likeness (QED) is 0.730. The van der Waals surface area contributed by atoms with Crippen molar-refractivity contribution in [1.29, 1.82) is 0 Å². The van der Waals surface area contributed by atoms with Gasteiger partial charge in [-0.25, -0.2) is 0 Å².